The third kappa shape index (κ3) is 2.33. The minimum absolute atomic E-state index is 0.0430. The molecule has 0 saturated carbocycles. The molecule has 1 N–H and O–H groups in total. The van der Waals surface area contributed by atoms with Crippen molar-refractivity contribution in [1.29, 1.82) is 0 Å². The van der Waals surface area contributed by atoms with Gasteiger partial charge in [-0.3, -0.25) is 9.78 Å². The molecule has 6 heteroatoms. The number of carboxylic acid groups (broad SMARTS) is 1. The summed E-state index contributed by atoms with van der Waals surface area (Å²) in [7, 11) is 1.47. The number of hydrogen-bond acceptors (Lipinski definition) is 4. The van der Waals surface area contributed by atoms with Crippen LogP contribution in [0.1, 0.15) is 21.5 Å². The lowest BCUT2D eigenvalue weighted by Crippen LogP contribution is -2.38. The Hall–Kier alpha value is -1.95. The molecule has 0 saturated heterocycles. The van der Waals surface area contributed by atoms with Crippen LogP contribution < -0.4 is 0 Å². The van der Waals surface area contributed by atoms with E-state index in [1.807, 2.05) is 0 Å². The molecule has 1 aliphatic rings. The zero-order valence-corrected chi connectivity index (χ0v) is 10.0. The number of ether oxygens (including phenoxy) is 1. The molecule has 6 nitrogen and oxygen atoms in total. The van der Waals surface area contributed by atoms with Crippen LogP contribution in [0.3, 0.4) is 0 Å². The highest BCUT2D eigenvalue weighted by Crippen LogP contribution is 2.21. The molecule has 1 aliphatic heterocycles. The number of carboxylic acids is 1. The van der Waals surface area contributed by atoms with Crippen molar-refractivity contribution in [3.05, 3.63) is 29.1 Å². The molecule has 0 aromatic carbocycles. The summed E-state index contributed by atoms with van der Waals surface area (Å²) in [5, 5.41) is 9.06. The molecule has 0 atom stereocenters. The van der Waals surface area contributed by atoms with E-state index in [0.717, 1.165) is 11.1 Å². The van der Waals surface area contributed by atoms with Crippen molar-refractivity contribution in [1.82, 2.24) is 9.88 Å². The fraction of sp³-hybridized carbons (Fsp3) is 0.417. The molecule has 1 amide bonds. The number of aromatic carboxylic acids is 1. The van der Waals surface area contributed by atoms with Crippen LogP contribution in [0.15, 0.2) is 12.4 Å². The van der Waals surface area contributed by atoms with Crippen molar-refractivity contribution in [3.63, 3.8) is 0 Å². The van der Waals surface area contributed by atoms with E-state index < -0.39 is 5.97 Å². The summed E-state index contributed by atoms with van der Waals surface area (Å²) in [5.41, 5.74) is 1.80. The molecule has 18 heavy (non-hydrogen) atoms. The number of fused-ring (bicyclic) bond motifs is 1. The van der Waals surface area contributed by atoms with Crippen LogP contribution in [0.25, 0.3) is 0 Å². The first kappa shape index (κ1) is 12.5. The summed E-state index contributed by atoms with van der Waals surface area (Å²) < 4.78 is 4.81. The maximum absolute atomic E-state index is 11.7. The molecule has 1 aromatic rings. The van der Waals surface area contributed by atoms with Crippen LogP contribution in [0.5, 0.6) is 0 Å². The second-order valence-corrected chi connectivity index (χ2v) is 4.13. The van der Waals surface area contributed by atoms with Gasteiger partial charge in [0.1, 0.15) is 6.61 Å². The molecule has 0 unspecified atom stereocenters. The summed E-state index contributed by atoms with van der Waals surface area (Å²) in [4.78, 5) is 28.3. The first-order valence-electron chi connectivity index (χ1n) is 5.59. The fourth-order valence-corrected chi connectivity index (χ4v) is 2.11. The van der Waals surface area contributed by atoms with E-state index in [4.69, 9.17) is 9.84 Å². The molecule has 0 fully saturated rings. The third-order valence-corrected chi connectivity index (χ3v) is 2.99. The van der Waals surface area contributed by atoms with E-state index in [-0.39, 0.29) is 18.1 Å². The molecule has 0 bridgehead atoms. The Morgan fingerprint density at radius 1 is 1.50 bits per heavy atom. The van der Waals surface area contributed by atoms with Gasteiger partial charge in [-0.15, -0.1) is 0 Å². The van der Waals surface area contributed by atoms with Crippen molar-refractivity contribution >= 4 is 11.9 Å². The van der Waals surface area contributed by atoms with E-state index >= 15 is 0 Å². The van der Waals surface area contributed by atoms with E-state index in [0.29, 0.717) is 19.5 Å². The number of hydrogen-bond donors (Lipinski definition) is 1. The van der Waals surface area contributed by atoms with Gasteiger partial charge in [-0.2, -0.15) is 0 Å². The third-order valence-electron chi connectivity index (χ3n) is 2.99. The van der Waals surface area contributed by atoms with Gasteiger partial charge in [0.2, 0.25) is 5.91 Å². The molecule has 96 valence electrons. The maximum Gasteiger partial charge on any atom is 0.337 e. The number of amides is 1. The lowest BCUT2D eigenvalue weighted by molar-refractivity contribution is -0.136. The Kier molecular flexibility index (Phi) is 3.57. The Labute approximate surface area is 104 Å². The first-order valence-corrected chi connectivity index (χ1v) is 5.59. The summed E-state index contributed by atoms with van der Waals surface area (Å²) >= 11 is 0. The van der Waals surface area contributed by atoms with E-state index in [9.17, 15) is 9.59 Å². The largest absolute Gasteiger partial charge is 0.478 e. The Morgan fingerprint density at radius 3 is 2.94 bits per heavy atom. The van der Waals surface area contributed by atoms with E-state index in [1.165, 1.54) is 13.3 Å². The van der Waals surface area contributed by atoms with Crippen molar-refractivity contribution < 1.29 is 19.4 Å². The zero-order valence-electron chi connectivity index (χ0n) is 10.0. The Morgan fingerprint density at radius 2 is 2.28 bits per heavy atom. The van der Waals surface area contributed by atoms with Gasteiger partial charge in [-0.05, 0) is 17.5 Å². The van der Waals surface area contributed by atoms with Crippen LogP contribution in [0.2, 0.25) is 0 Å². The monoisotopic (exact) mass is 250 g/mol. The SMILES string of the molecule is COCC(=O)N1CCc2c(cncc2C(=O)O)C1. The Bertz CT molecular complexity index is 487. The highest BCUT2D eigenvalue weighted by atomic mass is 16.5. The number of rotatable bonds is 3. The van der Waals surface area contributed by atoms with Gasteiger partial charge >= 0.3 is 5.97 Å². The molecule has 1 aromatic heterocycles. The zero-order chi connectivity index (χ0) is 13.1. The van der Waals surface area contributed by atoms with Crippen molar-refractivity contribution in [2.24, 2.45) is 0 Å². The molecule has 2 rings (SSSR count). The van der Waals surface area contributed by atoms with Crippen molar-refractivity contribution in [2.75, 3.05) is 20.3 Å². The van der Waals surface area contributed by atoms with E-state index in [1.54, 1.807) is 11.1 Å². The van der Waals surface area contributed by atoms with Crippen LogP contribution in [-0.2, 0) is 22.5 Å². The van der Waals surface area contributed by atoms with Gasteiger partial charge in [-0.25, -0.2) is 4.79 Å². The summed E-state index contributed by atoms with van der Waals surface area (Å²) in [6.45, 7) is 0.951. The van der Waals surface area contributed by atoms with Gasteiger partial charge in [0.15, 0.2) is 0 Å². The summed E-state index contributed by atoms with van der Waals surface area (Å²) in [6, 6.07) is 0. The number of carbonyl (C=O) groups excluding carboxylic acids is 1. The molecule has 0 radical (unpaired) electrons. The predicted molar refractivity (Wildman–Crippen MR) is 62.2 cm³/mol. The Balaban J connectivity index is 2.23. The molecule has 0 aliphatic carbocycles. The topological polar surface area (TPSA) is 79.7 Å². The normalized spacial score (nSPS) is 14.2. The van der Waals surface area contributed by atoms with Gasteiger partial charge in [0.25, 0.3) is 0 Å². The number of methoxy groups -OCH3 is 1. The van der Waals surface area contributed by atoms with Gasteiger partial charge < -0.3 is 14.7 Å². The first-order chi connectivity index (χ1) is 8.63. The van der Waals surface area contributed by atoms with Crippen molar-refractivity contribution in [2.45, 2.75) is 13.0 Å². The highest BCUT2D eigenvalue weighted by Gasteiger charge is 2.24. The lowest BCUT2D eigenvalue weighted by Gasteiger charge is -2.29. The molecule has 0 spiro atoms. The number of aromatic nitrogens is 1. The second kappa shape index (κ2) is 5.14. The number of carbonyl (C=O) groups is 2. The lowest BCUT2D eigenvalue weighted by atomic mass is 9.97. The average Bonchev–Trinajstić information content (AvgIpc) is 2.37. The predicted octanol–water partition coefficient (Wildman–Crippen LogP) is 0.311. The maximum atomic E-state index is 11.7. The van der Waals surface area contributed by atoms with Crippen molar-refractivity contribution in [3.8, 4) is 0 Å². The van der Waals surface area contributed by atoms with Gasteiger partial charge in [-0.1, -0.05) is 0 Å². The number of pyridine rings is 1. The van der Waals surface area contributed by atoms with Gasteiger partial charge in [0, 0.05) is 32.6 Å². The van der Waals surface area contributed by atoms with E-state index in [2.05, 4.69) is 4.98 Å². The van der Waals surface area contributed by atoms with Crippen LogP contribution in [-0.4, -0.2) is 47.1 Å². The standard InChI is InChI=1S/C12H14N2O4/c1-18-7-11(15)14-3-2-9-8(6-14)4-13-5-10(9)12(16)17/h4-5H,2-3,6-7H2,1H3,(H,16,17). The van der Waals surface area contributed by atoms with Crippen LogP contribution >= 0.6 is 0 Å². The quantitative estimate of drug-likeness (QED) is 0.835. The van der Waals surface area contributed by atoms with Crippen LogP contribution in [0.4, 0.5) is 0 Å². The fourth-order valence-electron chi connectivity index (χ4n) is 2.11. The molecular formula is C12H14N2O4. The molecule has 2 heterocycles. The van der Waals surface area contributed by atoms with Crippen LogP contribution in [0, 0.1) is 0 Å². The molecular weight excluding hydrogens is 236 g/mol. The average molecular weight is 250 g/mol. The summed E-state index contributed by atoms with van der Waals surface area (Å²) in [6.07, 6.45) is 3.51. The number of nitrogens with zero attached hydrogens (tertiary/aromatic N) is 2. The minimum Gasteiger partial charge on any atom is -0.478 e. The minimum atomic E-state index is -0.976. The second-order valence-electron chi connectivity index (χ2n) is 4.13. The smallest absolute Gasteiger partial charge is 0.337 e. The van der Waals surface area contributed by atoms with Gasteiger partial charge in [0.05, 0.1) is 5.56 Å². The highest BCUT2D eigenvalue weighted by molar-refractivity contribution is 5.89. The summed E-state index contributed by atoms with van der Waals surface area (Å²) in [5.74, 6) is -1.07.